The summed E-state index contributed by atoms with van der Waals surface area (Å²) >= 11 is 0. The number of fused-ring (bicyclic) bond motifs is 5. The third-order valence-corrected chi connectivity index (χ3v) is 11.7. The van der Waals surface area contributed by atoms with Gasteiger partial charge in [0.15, 0.2) is 0 Å². The summed E-state index contributed by atoms with van der Waals surface area (Å²) in [6.45, 7) is 7.56. The van der Waals surface area contributed by atoms with E-state index in [9.17, 15) is 4.79 Å². The monoisotopic (exact) mass is 516 g/mol. The Labute approximate surface area is 232 Å². The minimum absolute atomic E-state index is 0.0286. The average molecular weight is 517 g/mol. The molecule has 0 heterocycles. The van der Waals surface area contributed by atoms with E-state index in [4.69, 9.17) is 4.74 Å². The Morgan fingerprint density at radius 2 is 1.74 bits per heavy atom. The van der Waals surface area contributed by atoms with Crippen LogP contribution in [0, 0.1) is 34.5 Å². The van der Waals surface area contributed by atoms with Crippen LogP contribution in [0.1, 0.15) is 123 Å². The van der Waals surface area contributed by atoms with Crippen molar-refractivity contribution >= 4 is 12.0 Å². The molecule has 0 unspecified atom stereocenters. The van der Waals surface area contributed by atoms with Crippen molar-refractivity contribution in [3.8, 4) is 0 Å². The second-order valence-corrected chi connectivity index (χ2v) is 13.7. The number of hydrogen-bond donors (Lipinski definition) is 0. The molecule has 2 heteroatoms. The van der Waals surface area contributed by atoms with E-state index in [0.29, 0.717) is 10.8 Å². The van der Waals surface area contributed by atoms with Crippen molar-refractivity contribution in [1.82, 2.24) is 0 Å². The van der Waals surface area contributed by atoms with Gasteiger partial charge in [0.25, 0.3) is 0 Å². The fourth-order valence-corrected chi connectivity index (χ4v) is 9.41. The summed E-state index contributed by atoms with van der Waals surface area (Å²) in [7, 11) is 0. The van der Waals surface area contributed by atoms with Crippen LogP contribution in [0.4, 0.5) is 0 Å². The lowest BCUT2D eigenvalue weighted by atomic mass is 9.47. The smallest absolute Gasteiger partial charge is 0.331 e. The predicted octanol–water partition coefficient (Wildman–Crippen LogP) is 9.94. The number of carbonyl (C=O) groups excluding carboxylic acids is 1. The number of allylic oxidation sites excluding steroid dienone is 1. The van der Waals surface area contributed by atoms with Gasteiger partial charge in [-0.1, -0.05) is 101 Å². The van der Waals surface area contributed by atoms with Crippen molar-refractivity contribution in [2.24, 2.45) is 34.5 Å². The molecule has 7 atom stereocenters. The van der Waals surface area contributed by atoms with Crippen molar-refractivity contribution in [3.63, 3.8) is 0 Å². The number of ether oxygens (including phenoxy) is 1. The molecule has 0 saturated heterocycles. The van der Waals surface area contributed by atoms with Gasteiger partial charge < -0.3 is 4.74 Å². The van der Waals surface area contributed by atoms with Gasteiger partial charge in [0.05, 0.1) is 0 Å². The zero-order valence-electron chi connectivity index (χ0n) is 24.4. The largest absolute Gasteiger partial charge is 0.459 e. The minimum atomic E-state index is -0.201. The molecule has 0 aromatic heterocycles. The van der Waals surface area contributed by atoms with E-state index in [2.05, 4.69) is 26.8 Å². The fourth-order valence-electron chi connectivity index (χ4n) is 9.41. The third-order valence-electron chi connectivity index (χ3n) is 11.7. The first-order valence-corrected chi connectivity index (χ1v) is 16.1. The van der Waals surface area contributed by atoms with Crippen LogP contribution >= 0.6 is 0 Å². The normalized spacial score (nSPS) is 36.3. The lowest BCUT2D eigenvalue weighted by Gasteiger charge is -2.58. The molecule has 3 saturated carbocycles. The average Bonchev–Trinajstić information content (AvgIpc) is 3.26. The lowest BCUT2D eigenvalue weighted by Crippen LogP contribution is -2.50. The molecule has 0 aliphatic heterocycles. The lowest BCUT2D eigenvalue weighted by molar-refractivity contribution is -0.145. The zero-order chi connectivity index (χ0) is 26.6. The Balaban J connectivity index is 1.17. The summed E-state index contributed by atoms with van der Waals surface area (Å²) in [5.74, 6) is 3.36. The van der Waals surface area contributed by atoms with Crippen LogP contribution in [0.25, 0.3) is 6.08 Å². The summed E-state index contributed by atoms with van der Waals surface area (Å²) in [5.41, 5.74) is 3.52. The standard InChI is InChI=1S/C36H52O2/c1-4-5-6-7-8-12-15-28-18-20-32-31-19-17-29-26-30(38-34(37)21-16-27-13-10-9-11-14-27)22-24-36(29,3)33(31)23-25-35(28,32)2/h9-11,13-14,16-17,21,28,30-33H,4-8,12,15,18-20,22-26H2,1-3H3/b21-16+/t28-,30-,31-,32-,33-,35+,36-/m0/s1. The maximum absolute atomic E-state index is 12.6. The van der Waals surface area contributed by atoms with E-state index in [-0.39, 0.29) is 12.1 Å². The molecular weight excluding hydrogens is 464 g/mol. The van der Waals surface area contributed by atoms with Crippen molar-refractivity contribution in [1.29, 1.82) is 0 Å². The van der Waals surface area contributed by atoms with Gasteiger partial charge >= 0.3 is 5.97 Å². The van der Waals surface area contributed by atoms with Crippen molar-refractivity contribution in [3.05, 3.63) is 53.6 Å². The van der Waals surface area contributed by atoms with E-state index in [1.54, 1.807) is 11.6 Å². The highest BCUT2D eigenvalue weighted by Crippen LogP contribution is 2.66. The predicted molar refractivity (Wildman–Crippen MR) is 159 cm³/mol. The number of carbonyl (C=O) groups is 1. The molecule has 0 N–H and O–H groups in total. The van der Waals surface area contributed by atoms with Gasteiger partial charge in [-0.05, 0) is 97.5 Å². The first-order valence-electron chi connectivity index (χ1n) is 16.1. The highest BCUT2D eigenvalue weighted by molar-refractivity contribution is 5.87. The Morgan fingerprint density at radius 1 is 0.947 bits per heavy atom. The summed E-state index contributed by atoms with van der Waals surface area (Å²) in [4.78, 5) is 12.6. The maximum atomic E-state index is 12.6. The highest BCUT2D eigenvalue weighted by Gasteiger charge is 2.58. The van der Waals surface area contributed by atoms with Gasteiger partial charge in [0, 0.05) is 12.5 Å². The quantitative estimate of drug-likeness (QED) is 0.134. The molecule has 4 aliphatic carbocycles. The number of esters is 1. The van der Waals surface area contributed by atoms with Crippen LogP contribution in [-0.4, -0.2) is 12.1 Å². The van der Waals surface area contributed by atoms with Crippen molar-refractivity contribution < 1.29 is 9.53 Å². The van der Waals surface area contributed by atoms with Crippen LogP contribution in [0.2, 0.25) is 0 Å². The van der Waals surface area contributed by atoms with Crippen LogP contribution in [-0.2, 0) is 9.53 Å². The van der Waals surface area contributed by atoms with Gasteiger partial charge in [-0.2, -0.15) is 0 Å². The molecule has 2 nitrogen and oxygen atoms in total. The number of hydrogen-bond acceptors (Lipinski definition) is 2. The molecule has 0 bridgehead atoms. The topological polar surface area (TPSA) is 26.3 Å². The third kappa shape index (κ3) is 5.71. The number of rotatable bonds is 10. The summed E-state index contributed by atoms with van der Waals surface area (Å²) in [6, 6.07) is 9.99. The van der Waals surface area contributed by atoms with Crippen LogP contribution in [0.3, 0.4) is 0 Å². The first kappa shape index (κ1) is 27.7. The zero-order valence-corrected chi connectivity index (χ0v) is 24.4. The molecule has 0 radical (unpaired) electrons. The summed E-state index contributed by atoms with van der Waals surface area (Å²) in [5, 5.41) is 0. The molecule has 208 valence electrons. The van der Waals surface area contributed by atoms with E-state index in [1.807, 2.05) is 36.4 Å². The first-order chi connectivity index (χ1) is 18.4. The molecule has 3 fully saturated rings. The van der Waals surface area contributed by atoms with Crippen molar-refractivity contribution in [2.45, 2.75) is 123 Å². The SMILES string of the molecule is CCCCCCCC[C@H]1CC[C@H]2[C@@H]3CC=C4C[C@@H](OC(=O)/C=C/c5ccccc5)CC[C@]4(C)[C@H]3CC[C@]12C. The van der Waals surface area contributed by atoms with Gasteiger partial charge in [0.1, 0.15) is 6.10 Å². The Kier molecular flexibility index (Phi) is 8.85. The molecule has 38 heavy (non-hydrogen) atoms. The molecule has 0 amide bonds. The molecule has 4 aliphatic rings. The van der Waals surface area contributed by atoms with Gasteiger partial charge in [-0.3, -0.25) is 0 Å². The van der Waals surface area contributed by atoms with E-state index in [1.165, 1.54) is 83.5 Å². The molecule has 0 spiro atoms. The van der Waals surface area contributed by atoms with E-state index in [0.717, 1.165) is 42.1 Å². The molecular formula is C36H52O2. The van der Waals surface area contributed by atoms with E-state index >= 15 is 0 Å². The second kappa shape index (κ2) is 12.1. The van der Waals surface area contributed by atoms with Gasteiger partial charge in [-0.25, -0.2) is 4.79 Å². The van der Waals surface area contributed by atoms with Gasteiger partial charge in [-0.15, -0.1) is 0 Å². The van der Waals surface area contributed by atoms with Crippen molar-refractivity contribution in [2.75, 3.05) is 0 Å². The Morgan fingerprint density at radius 3 is 2.55 bits per heavy atom. The summed E-state index contributed by atoms with van der Waals surface area (Å²) < 4.78 is 5.94. The Hall–Kier alpha value is -1.83. The van der Waals surface area contributed by atoms with Crippen LogP contribution < -0.4 is 0 Å². The molecule has 1 aromatic carbocycles. The maximum Gasteiger partial charge on any atom is 0.331 e. The number of benzene rings is 1. The van der Waals surface area contributed by atoms with E-state index < -0.39 is 0 Å². The number of unbranched alkanes of at least 4 members (excludes halogenated alkanes) is 5. The minimum Gasteiger partial charge on any atom is -0.459 e. The second-order valence-electron chi connectivity index (χ2n) is 13.7. The van der Waals surface area contributed by atoms with Crippen LogP contribution in [0.15, 0.2) is 48.1 Å². The fraction of sp³-hybridized carbons (Fsp3) is 0.694. The molecule has 5 rings (SSSR count). The highest BCUT2D eigenvalue weighted by atomic mass is 16.5. The van der Waals surface area contributed by atoms with Crippen LogP contribution in [0.5, 0.6) is 0 Å². The Bertz CT molecular complexity index is 992. The summed E-state index contributed by atoms with van der Waals surface area (Å²) in [6.07, 6.45) is 26.2. The van der Waals surface area contributed by atoms with Gasteiger partial charge in [0.2, 0.25) is 0 Å². The molecule has 1 aromatic rings.